The van der Waals surface area contributed by atoms with Gasteiger partial charge in [0.2, 0.25) is 0 Å². The summed E-state index contributed by atoms with van der Waals surface area (Å²) in [6.45, 7) is 1.07. The van der Waals surface area contributed by atoms with Gasteiger partial charge in [0.25, 0.3) is 0 Å². The highest BCUT2D eigenvalue weighted by atomic mass is 19.1. The molecule has 0 amide bonds. The molecule has 0 radical (unpaired) electrons. The maximum absolute atomic E-state index is 13.8. The molecule has 2 N–H and O–H groups in total. The summed E-state index contributed by atoms with van der Waals surface area (Å²) in [5.74, 6) is -0.760. The minimum absolute atomic E-state index is 0.358. The molecule has 1 fully saturated rings. The quantitative estimate of drug-likeness (QED) is 0.850. The van der Waals surface area contributed by atoms with E-state index in [-0.39, 0.29) is 5.82 Å². The average Bonchev–Trinajstić information content (AvgIpc) is 3.29. The fourth-order valence-electron chi connectivity index (χ4n) is 2.53. The van der Waals surface area contributed by atoms with Crippen molar-refractivity contribution in [2.75, 3.05) is 5.73 Å². The smallest absolute Gasteiger partial charge is 0.127 e. The molecule has 4 heteroatoms. The lowest BCUT2D eigenvalue weighted by Crippen LogP contribution is -2.26. The number of benzene rings is 2. The normalized spacial score (nSPS) is 14.6. The van der Waals surface area contributed by atoms with Gasteiger partial charge in [0, 0.05) is 30.4 Å². The lowest BCUT2D eigenvalue weighted by Gasteiger charge is -2.23. The van der Waals surface area contributed by atoms with E-state index in [0.717, 1.165) is 30.2 Å². The van der Waals surface area contributed by atoms with Crippen molar-refractivity contribution in [1.29, 1.82) is 0 Å². The molecular formula is C17H18F2N2. The Morgan fingerprint density at radius 1 is 1.00 bits per heavy atom. The third kappa shape index (κ3) is 3.39. The summed E-state index contributed by atoms with van der Waals surface area (Å²) in [4.78, 5) is 2.17. The predicted molar refractivity (Wildman–Crippen MR) is 79.5 cm³/mol. The van der Waals surface area contributed by atoms with Crippen LogP contribution >= 0.6 is 0 Å². The van der Waals surface area contributed by atoms with E-state index >= 15 is 0 Å². The van der Waals surface area contributed by atoms with Gasteiger partial charge >= 0.3 is 0 Å². The van der Waals surface area contributed by atoms with Gasteiger partial charge in [0.15, 0.2) is 0 Å². The Hall–Kier alpha value is -1.94. The maximum Gasteiger partial charge on any atom is 0.127 e. The lowest BCUT2D eigenvalue weighted by atomic mass is 10.1. The van der Waals surface area contributed by atoms with Gasteiger partial charge in [-0.2, -0.15) is 0 Å². The number of rotatable bonds is 5. The van der Waals surface area contributed by atoms with Crippen molar-refractivity contribution in [3.63, 3.8) is 0 Å². The van der Waals surface area contributed by atoms with Crippen molar-refractivity contribution in [1.82, 2.24) is 4.90 Å². The number of halogens is 2. The Morgan fingerprint density at radius 2 is 1.71 bits per heavy atom. The molecule has 2 nitrogen and oxygen atoms in total. The fourth-order valence-corrected chi connectivity index (χ4v) is 2.53. The van der Waals surface area contributed by atoms with E-state index in [9.17, 15) is 8.78 Å². The highest BCUT2D eigenvalue weighted by molar-refractivity contribution is 5.46. The van der Waals surface area contributed by atoms with Crippen molar-refractivity contribution < 1.29 is 8.78 Å². The minimum Gasteiger partial charge on any atom is -0.398 e. The molecule has 0 atom stereocenters. The van der Waals surface area contributed by atoms with Crippen LogP contribution in [0.4, 0.5) is 14.5 Å². The molecule has 1 aliphatic rings. The number of nitrogens with two attached hydrogens (primary N) is 1. The molecule has 0 spiro atoms. The molecule has 0 saturated heterocycles. The summed E-state index contributed by atoms with van der Waals surface area (Å²) in [6, 6.07) is 11.7. The van der Waals surface area contributed by atoms with Gasteiger partial charge in [-0.1, -0.05) is 18.2 Å². The van der Waals surface area contributed by atoms with Gasteiger partial charge in [-0.3, -0.25) is 4.90 Å². The Bertz CT molecular complexity index is 638. The van der Waals surface area contributed by atoms with Gasteiger partial charge in [0.05, 0.1) is 0 Å². The average molecular weight is 288 g/mol. The standard InChI is InChI=1S/C17H18F2N2/c18-14-5-8-16(19)13(9-14)11-21(15-6-7-15)10-12-3-1-2-4-17(12)20/h1-5,8-9,15H,6-7,10-11,20H2. The van der Waals surface area contributed by atoms with E-state index in [4.69, 9.17) is 5.73 Å². The Balaban J connectivity index is 1.79. The van der Waals surface area contributed by atoms with E-state index in [0.29, 0.717) is 24.7 Å². The van der Waals surface area contributed by atoms with Crippen molar-refractivity contribution in [2.24, 2.45) is 0 Å². The van der Waals surface area contributed by atoms with Crippen LogP contribution in [0, 0.1) is 11.6 Å². The van der Waals surface area contributed by atoms with Gasteiger partial charge in [0.1, 0.15) is 11.6 Å². The van der Waals surface area contributed by atoms with Gasteiger partial charge in [-0.05, 0) is 42.7 Å². The molecule has 2 aromatic rings. The second-order valence-corrected chi connectivity index (χ2v) is 5.57. The first kappa shape index (κ1) is 14.0. The number of nitrogens with zero attached hydrogens (tertiary/aromatic N) is 1. The molecule has 0 bridgehead atoms. The van der Waals surface area contributed by atoms with E-state index in [1.165, 1.54) is 12.1 Å². The van der Waals surface area contributed by atoms with E-state index in [1.807, 2.05) is 24.3 Å². The minimum atomic E-state index is -0.402. The second kappa shape index (κ2) is 5.82. The summed E-state index contributed by atoms with van der Waals surface area (Å²) in [7, 11) is 0. The van der Waals surface area contributed by atoms with E-state index < -0.39 is 5.82 Å². The van der Waals surface area contributed by atoms with Crippen LogP contribution < -0.4 is 5.73 Å². The highest BCUT2D eigenvalue weighted by Gasteiger charge is 2.29. The van der Waals surface area contributed by atoms with Crippen LogP contribution in [0.15, 0.2) is 42.5 Å². The summed E-state index contributed by atoms with van der Waals surface area (Å²) >= 11 is 0. The van der Waals surface area contributed by atoms with Crippen LogP contribution in [0.5, 0.6) is 0 Å². The van der Waals surface area contributed by atoms with Crippen LogP contribution in [-0.4, -0.2) is 10.9 Å². The Morgan fingerprint density at radius 3 is 2.43 bits per heavy atom. The molecule has 3 rings (SSSR count). The first-order valence-corrected chi connectivity index (χ1v) is 7.15. The topological polar surface area (TPSA) is 29.3 Å². The molecule has 0 heterocycles. The van der Waals surface area contributed by atoms with Crippen LogP contribution in [-0.2, 0) is 13.1 Å². The fraction of sp³-hybridized carbons (Fsp3) is 0.294. The zero-order chi connectivity index (χ0) is 14.8. The molecule has 110 valence electrons. The van der Waals surface area contributed by atoms with Gasteiger partial charge < -0.3 is 5.73 Å². The Kier molecular flexibility index (Phi) is 3.88. The molecule has 1 saturated carbocycles. The third-order valence-electron chi connectivity index (χ3n) is 3.87. The summed E-state index contributed by atoms with van der Waals surface area (Å²) in [6.07, 6.45) is 2.20. The lowest BCUT2D eigenvalue weighted by molar-refractivity contribution is 0.242. The van der Waals surface area contributed by atoms with E-state index in [1.54, 1.807) is 0 Å². The number of para-hydroxylation sites is 1. The second-order valence-electron chi connectivity index (χ2n) is 5.57. The molecule has 2 aromatic carbocycles. The largest absolute Gasteiger partial charge is 0.398 e. The molecule has 21 heavy (non-hydrogen) atoms. The number of hydrogen-bond acceptors (Lipinski definition) is 2. The molecule has 0 aliphatic heterocycles. The zero-order valence-electron chi connectivity index (χ0n) is 11.7. The molecule has 0 unspecified atom stereocenters. The monoisotopic (exact) mass is 288 g/mol. The molecular weight excluding hydrogens is 270 g/mol. The third-order valence-corrected chi connectivity index (χ3v) is 3.87. The van der Waals surface area contributed by atoms with Gasteiger partial charge in [-0.25, -0.2) is 8.78 Å². The van der Waals surface area contributed by atoms with Crippen LogP contribution in [0.1, 0.15) is 24.0 Å². The van der Waals surface area contributed by atoms with Crippen molar-refractivity contribution in [2.45, 2.75) is 32.0 Å². The van der Waals surface area contributed by atoms with Crippen molar-refractivity contribution in [3.8, 4) is 0 Å². The molecule has 0 aromatic heterocycles. The van der Waals surface area contributed by atoms with Gasteiger partial charge in [-0.15, -0.1) is 0 Å². The van der Waals surface area contributed by atoms with Crippen LogP contribution in [0.3, 0.4) is 0 Å². The number of anilines is 1. The summed E-state index contributed by atoms with van der Waals surface area (Å²) in [5, 5.41) is 0. The Labute approximate surface area is 123 Å². The first-order chi connectivity index (χ1) is 10.1. The summed E-state index contributed by atoms with van der Waals surface area (Å²) < 4.78 is 27.1. The zero-order valence-corrected chi connectivity index (χ0v) is 11.7. The van der Waals surface area contributed by atoms with Crippen molar-refractivity contribution >= 4 is 5.69 Å². The number of nitrogen functional groups attached to an aromatic ring is 1. The maximum atomic E-state index is 13.8. The highest BCUT2D eigenvalue weighted by Crippen LogP contribution is 2.31. The number of hydrogen-bond donors (Lipinski definition) is 1. The SMILES string of the molecule is Nc1ccccc1CN(Cc1cc(F)ccc1F)C1CC1. The predicted octanol–water partition coefficient (Wildman–Crippen LogP) is 3.71. The van der Waals surface area contributed by atoms with Crippen molar-refractivity contribution in [3.05, 3.63) is 65.2 Å². The summed E-state index contributed by atoms with van der Waals surface area (Å²) in [5.41, 5.74) is 8.14. The van der Waals surface area contributed by atoms with E-state index in [2.05, 4.69) is 4.90 Å². The van der Waals surface area contributed by atoms with Crippen LogP contribution in [0.25, 0.3) is 0 Å². The molecule has 1 aliphatic carbocycles. The van der Waals surface area contributed by atoms with Crippen LogP contribution in [0.2, 0.25) is 0 Å². The first-order valence-electron chi connectivity index (χ1n) is 7.15.